The van der Waals surface area contributed by atoms with Crippen LogP contribution in [0.25, 0.3) is 10.9 Å². The summed E-state index contributed by atoms with van der Waals surface area (Å²) >= 11 is 1.51. The van der Waals surface area contributed by atoms with E-state index >= 15 is 0 Å². The van der Waals surface area contributed by atoms with E-state index in [0.29, 0.717) is 23.7 Å². The van der Waals surface area contributed by atoms with Crippen LogP contribution in [0.2, 0.25) is 0 Å². The van der Waals surface area contributed by atoms with Gasteiger partial charge in [0.15, 0.2) is 0 Å². The molecule has 3 aromatic rings. The zero-order valence-corrected chi connectivity index (χ0v) is 19.2. The maximum atomic E-state index is 12.8. The van der Waals surface area contributed by atoms with Gasteiger partial charge < -0.3 is 15.2 Å². The van der Waals surface area contributed by atoms with Gasteiger partial charge in [-0.1, -0.05) is 12.8 Å². The molecule has 0 unspecified atom stereocenters. The summed E-state index contributed by atoms with van der Waals surface area (Å²) in [4.78, 5) is 38.7. The summed E-state index contributed by atoms with van der Waals surface area (Å²) in [5.41, 5.74) is 2.20. The molecule has 2 N–H and O–H groups in total. The van der Waals surface area contributed by atoms with Gasteiger partial charge in [0.25, 0.3) is 11.8 Å². The van der Waals surface area contributed by atoms with Gasteiger partial charge in [0.2, 0.25) is 0 Å². The normalized spacial score (nSPS) is 14.6. The Hall–Kier alpha value is -2.87. The molecule has 1 aliphatic rings. The molecule has 0 atom stereocenters. The Balaban J connectivity index is 1.15. The summed E-state index contributed by atoms with van der Waals surface area (Å²) < 4.78 is 0. The quantitative estimate of drug-likeness (QED) is 0.397. The van der Waals surface area contributed by atoms with Crippen LogP contribution in [-0.4, -0.2) is 57.6 Å². The molecule has 4 heterocycles. The Morgan fingerprint density at radius 3 is 2.84 bits per heavy atom. The maximum absolute atomic E-state index is 12.8. The molecule has 0 radical (unpaired) electrons. The number of carbonyl (C=O) groups excluding carboxylic acids is 2. The molecule has 8 heteroatoms. The molecule has 1 saturated heterocycles. The molecule has 3 aromatic heterocycles. The number of thioether (sulfide) groups is 1. The first kappa shape index (κ1) is 22.3. The Morgan fingerprint density at radius 1 is 1.22 bits per heavy atom. The van der Waals surface area contributed by atoms with Crippen molar-refractivity contribution in [2.24, 2.45) is 5.92 Å². The highest BCUT2D eigenvalue weighted by Gasteiger charge is 2.25. The van der Waals surface area contributed by atoms with Crippen LogP contribution < -0.4 is 5.32 Å². The summed E-state index contributed by atoms with van der Waals surface area (Å²) in [7, 11) is 0. The number of rotatable bonds is 8. The van der Waals surface area contributed by atoms with E-state index in [1.165, 1.54) is 11.8 Å². The SMILES string of the molecule is CSc1ncccc1C(=O)N1CCC(CCCCNC(=O)c2cc3cnccc3[nH]2)CC1. The number of unbranched alkanes of at least 4 members (excludes halogenated alkanes) is 1. The first-order valence-corrected chi connectivity index (χ1v) is 12.4. The van der Waals surface area contributed by atoms with Crippen molar-refractivity contribution in [3.8, 4) is 0 Å². The zero-order chi connectivity index (χ0) is 22.3. The highest BCUT2D eigenvalue weighted by molar-refractivity contribution is 7.98. The van der Waals surface area contributed by atoms with Crippen LogP contribution in [0.5, 0.6) is 0 Å². The number of H-pyrrole nitrogens is 1. The van der Waals surface area contributed by atoms with Gasteiger partial charge in [-0.05, 0) is 55.7 Å². The van der Waals surface area contributed by atoms with E-state index in [9.17, 15) is 9.59 Å². The molecule has 2 amide bonds. The minimum absolute atomic E-state index is 0.0759. The molecule has 0 aromatic carbocycles. The fourth-order valence-electron chi connectivity index (χ4n) is 4.26. The van der Waals surface area contributed by atoms with Gasteiger partial charge in [-0.25, -0.2) is 4.98 Å². The number of hydrogen-bond donors (Lipinski definition) is 2. The number of pyridine rings is 2. The summed E-state index contributed by atoms with van der Waals surface area (Å²) in [6.07, 6.45) is 12.4. The summed E-state index contributed by atoms with van der Waals surface area (Å²) in [6, 6.07) is 7.39. The number of nitrogens with zero attached hydrogens (tertiary/aromatic N) is 3. The molecule has 1 fully saturated rings. The van der Waals surface area contributed by atoms with Crippen LogP contribution in [0.4, 0.5) is 0 Å². The maximum Gasteiger partial charge on any atom is 0.267 e. The van der Waals surface area contributed by atoms with E-state index < -0.39 is 0 Å². The molecule has 0 spiro atoms. The van der Waals surface area contributed by atoms with Crippen molar-refractivity contribution in [3.05, 3.63) is 54.1 Å². The molecule has 1 aliphatic heterocycles. The molecule has 168 valence electrons. The largest absolute Gasteiger partial charge is 0.351 e. The molecule has 32 heavy (non-hydrogen) atoms. The van der Waals surface area contributed by atoms with E-state index in [0.717, 1.165) is 61.1 Å². The Labute approximate surface area is 192 Å². The summed E-state index contributed by atoms with van der Waals surface area (Å²) in [5, 5.41) is 4.73. The number of hydrogen-bond acceptors (Lipinski definition) is 5. The standard InChI is InChI=1S/C24H29N5O2S/c1-32-23-19(6-4-11-27-23)24(31)29-13-8-17(9-14-29)5-2-3-10-26-22(30)21-15-18-16-25-12-7-20(18)28-21/h4,6-7,11-12,15-17,28H,2-3,5,8-10,13-14H2,1H3,(H,26,30). The molecular formula is C24H29N5O2S. The second-order valence-electron chi connectivity index (χ2n) is 8.19. The number of fused-ring (bicyclic) bond motifs is 1. The van der Waals surface area contributed by atoms with Crippen molar-refractivity contribution in [2.75, 3.05) is 25.9 Å². The third kappa shape index (κ3) is 5.30. The van der Waals surface area contributed by atoms with Crippen LogP contribution in [0.1, 0.15) is 53.0 Å². The first-order valence-electron chi connectivity index (χ1n) is 11.1. The van der Waals surface area contributed by atoms with Crippen LogP contribution in [0.15, 0.2) is 47.9 Å². The molecule has 0 aliphatic carbocycles. The first-order chi connectivity index (χ1) is 15.7. The van der Waals surface area contributed by atoms with Crippen molar-refractivity contribution in [1.29, 1.82) is 0 Å². The molecule has 0 bridgehead atoms. The molecule has 4 rings (SSSR count). The smallest absolute Gasteiger partial charge is 0.267 e. The number of aromatic amines is 1. The fourth-order valence-corrected chi connectivity index (χ4v) is 4.80. The van der Waals surface area contributed by atoms with Crippen LogP contribution in [-0.2, 0) is 0 Å². The van der Waals surface area contributed by atoms with Crippen LogP contribution >= 0.6 is 11.8 Å². The van der Waals surface area contributed by atoms with Gasteiger partial charge in [0.1, 0.15) is 10.7 Å². The number of likely N-dealkylation sites (tertiary alicyclic amines) is 1. The second kappa shape index (κ2) is 10.6. The van der Waals surface area contributed by atoms with Crippen LogP contribution in [0, 0.1) is 5.92 Å². The van der Waals surface area contributed by atoms with E-state index in [-0.39, 0.29) is 11.8 Å². The molecular weight excluding hydrogens is 422 g/mol. The average Bonchev–Trinajstić information content (AvgIpc) is 3.28. The monoisotopic (exact) mass is 451 g/mol. The summed E-state index contributed by atoms with van der Waals surface area (Å²) in [5.74, 6) is 0.661. The van der Waals surface area contributed by atoms with E-state index in [1.54, 1.807) is 18.6 Å². The lowest BCUT2D eigenvalue weighted by molar-refractivity contribution is 0.0681. The minimum Gasteiger partial charge on any atom is -0.351 e. The lowest BCUT2D eigenvalue weighted by Crippen LogP contribution is -2.38. The molecule has 0 saturated carbocycles. The van der Waals surface area contributed by atoms with E-state index in [2.05, 4.69) is 20.3 Å². The third-order valence-corrected chi connectivity index (χ3v) is 6.80. The Bertz CT molecular complexity index is 1040. The van der Waals surface area contributed by atoms with Gasteiger partial charge in [-0.3, -0.25) is 14.6 Å². The number of nitrogens with one attached hydrogen (secondary N) is 2. The van der Waals surface area contributed by atoms with Gasteiger partial charge in [-0.15, -0.1) is 11.8 Å². The zero-order valence-electron chi connectivity index (χ0n) is 18.3. The topological polar surface area (TPSA) is 91.0 Å². The fraction of sp³-hybridized carbons (Fsp3) is 0.417. The highest BCUT2D eigenvalue weighted by Crippen LogP contribution is 2.25. The number of aromatic nitrogens is 3. The number of carbonyl (C=O) groups is 2. The highest BCUT2D eigenvalue weighted by atomic mass is 32.2. The third-order valence-electron chi connectivity index (χ3n) is 6.09. The lowest BCUT2D eigenvalue weighted by Gasteiger charge is -2.32. The van der Waals surface area contributed by atoms with Crippen molar-refractivity contribution in [2.45, 2.75) is 37.1 Å². The molecule has 7 nitrogen and oxygen atoms in total. The van der Waals surface area contributed by atoms with Gasteiger partial charge in [-0.2, -0.15) is 0 Å². The van der Waals surface area contributed by atoms with Gasteiger partial charge in [0.05, 0.1) is 5.56 Å². The van der Waals surface area contributed by atoms with Crippen molar-refractivity contribution in [3.63, 3.8) is 0 Å². The predicted molar refractivity (Wildman–Crippen MR) is 127 cm³/mol. The minimum atomic E-state index is -0.0759. The van der Waals surface area contributed by atoms with Crippen molar-refractivity contribution in [1.82, 2.24) is 25.2 Å². The van der Waals surface area contributed by atoms with Crippen molar-refractivity contribution >= 4 is 34.5 Å². The Morgan fingerprint density at radius 2 is 2.06 bits per heavy atom. The average molecular weight is 452 g/mol. The Kier molecular flexibility index (Phi) is 7.42. The van der Waals surface area contributed by atoms with Gasteiger partial charge in [0, 0.05) is 49.1 Å². The van der Waals surface area contributed by atoms with E-state index in [1.807, 2.05) is 35.4 Å². The predicted octanol–water partition coefficient (Wildman–Crippen LogP) is 4.13. The number of piperidine rings is 1. The van der Waals surface area contributed by atoms with Crippen molar-refractivity contribution < 1.29 is 9.59 Å². The lowest BCUT2D eigenvalue weighted by atomic mass is 9.91. The van der Waals surface area contributed by atoms with Gasteiger partial charge >= 0.3 is 0 Å². The van der Waals surface area contributed by atoms with E-state index in [4.69, 9.17) is 0 Å². The van der Waals surface area contributed by atoms with Crippen LogP contribution in [0.3, 0.4) is 0 Å². The second-order valence-corrected chi connectivity index (χ2v) is 8.99. The number of amides is 2. The summed E-state index contributed by atoms with van der Waals surface area (Å²) in [6.45, 7) is 2.28.